The fourth-order valence-electron chi connectivity index (χ4n) is 4.43. The van der Waals surface area contributed by atoms with Crippen molar-refractivity contribution in [3.63, 3.8) is 0 Å². The molecule has 0 aromatic heterocycles. The second-order valence-electron chi connectivity index (χ2n) is 8.58. The fourth-order valence-corrected chi connectivity index (χ4v) is 6.92. The zero-order valence-electron chi connectivity index (χ0n) is 19.6. The van der Waals surface area contributed by atoms with Crippen LogP contribution in [0.2, 0.25) is 0 Å². The van der Waals surface area contributed by atoms with Crippen molar-refractivity contribution >= 4 is 46.3 Å². The lowest BCUT2D eigenvalue weighted by Crippen LogP contribution is -2.37. The lowest BCUT2D eigenvalue weighted by molar-refractivity contribution is 1.17. The van der Waals surface area contributed by atoms with Crippen LogP contribution in [0.15, 0.2) is 142 Å². The molecule has 2 unspecified atom stereocenters. The van der Waals surface area contributed by atoms with Gasteiger partial charge in [0.05, 0.1) is 33.3 Å². The van der Waals surface area contributed by atoms with E-state index in [4.69, 9.17) is 9.98 Å². The van der Waals surface area contributed by atoms with Crippen molar-refractivity contribution in [3.05, 3.63) is 154 Å². The molecule has 0 saturated heterocycles. The van der Waals surface area contributed by atoms with Crippen molar-refractivity contribution in [1.82, 2.24) is 0 Å². The molecule has 4 aromatic carbocycles. The van der Waals surface area contributed by atoms with Crippen molar-refractivity contribution in [2.45, 2.75) is 10.5 Å². The van der Waals surface area contributed by atoms with Crippen LogP contribution in [0.25, 0.3) is 11.4 Å². The summed E-state index contributed by atoms with van der Waals surface area (Å²) in [7, 11) is 0. The molecule has 2 atom stereocenters. The van der Waals surface area contributed by atoms with Crippen LogP contribution >= 0.6 is 23.5 Å². The van der Waals surface area contributed by atoms with E-state index in [0.29, 0.717) is 0 Å². The molecule has 174 valence electrons. The normalized spacial score (nSPS) is 19.6. The molecule has 0 radical (unpaired) electrons. The number of nitrogens with zero attached hydrogens (tertiary/aromatic N) is 2. The van der Waals surface area contributed by atoms with Gasteiger partial charge in [-0.2, -0.15) is 0 Å². The summed E-state index contributed by atoms with van der Waals surface area (Å²) in [4.78, 5) is 10.5. The fraction of sp³-hybridized carbons (Fsp3) is 0.0625. The summed E-state index contributed by atoms with van der Waals surface area (Å²) in [5.74, 6) is 0. The lowest BCUT2D eigenvalue weighted by Gasteiger charge is -2.32. The van der Waals surface area contributed by atoms with Crippen LogP contribution in [0.4, 0.5) is 0 Å². The molecule has 4 aromatic rings. The number of hydrogen-bond acceptors (Lipinski definition) is 4. The van der Waals surface area contributed by atoms with E-state index in [1.807, 2.05) is 35.7 Å². The van der Waals surface area contributed by atoms with Crippen LogP contribution in [0.3, 0.4) is 0 Å². The maximum Gasteiger partial charge on any atom is 0.0769 e. The van der Waals surface area contributed by atoms with Gasteiger partial charge in [-0.3, -0.25) is 9.98 Å². The van der Waals surface area contributed by atoms with Gasteiger partial charge in [-0.1, -0.05) is 121 Å². The average Bonchev–Trinajstić information content (AvgIpc) is 2.98. The van der Waals surface area contributed by atoms with Gasteiger partial charge in [-0.15, -0.1) is 23.5 Å². The molecule has 2 aliphatic heterocycles. The number of thioether (sulfide) groups is 2. The Morgan fingerprint density at radius 2 is 0.694 bits per heavy atom. The molecule has 4 heteroatoms. The van der Waals surface area contributed by atoms with Crippen LogP contribution in [0, 0.1) is 0 Å². The predicted molar refractivity (Wildman–Crippen MR) is 158 cm³/mol. The molecule has 36 heavy (non-hydrogen) atoms. The zero-order valence-corrected chi connectivity index (χ0v) is 21.2. The van der Waals surface area contributed by atoms with Crippen molar-refractivity contribution in [1.29, 1.82) is 0 Å². The summed E-state index contributed by atoms with van der Waals surface area (Å²) < 4.78 is 0. The smallest absolute Gasteiger partial charge is 0.0769 e. The Labute approximate surface area is 220 Å². The maximum atomic E-state index is 5.25. The van der Waals surface area contributed by atoms with Gasteiger partial charge in [-0.25, -0.2) is 0 Å². The standard InChI is InChI=1S/C32H24N2S2/c1-5-13-23(14-6-1)27-21-35-31(29(33-27)25-17-9-3-10-18-25)32-30(26-19-11-4-12-20-26)34-28(22-36-32)24-15-7-2-8-16-24/h1-22,31-32H. The number of hydrogen-bond donors (Lipinski definition) is 0. The summed E-state index contributed by atoms with van der Waals surface area (Å²) >= 11 is 3.69. The largest absolute Gasteiger partial charge is 0.250 e. The van der Waals surface area contributed by atoms with Crippen LogP contribution in [0.1, 0.15) is 22.3 Å². The molecule has 6 rings (SSSR count). The highest BCUT2D eigenvalue weighted by molar-refractivity contribution is 8.07. The molecule has 0 bridgehead atoms. The molecule has 0 saturated carbocycles. The summed E-state index contributed by atoms with van der Waals surface area (Å²) in [6.45, 7) is 0. The minimum absolute atomic E-state index is 0.123. The van der Waals surface area contributed by atoms with Crippen molar-refractivity contribution < 1.29 is 0 Å². The Kier molecular flexibility index (Phi) is 6.70. The highest BCUT2D eigenvalue weighted by atomic mass is 32.2. The van der Waals surface area contributed by atoms with Crippen molar-refractivity contribution in [2.24, 2.45) is 9.98 Å². The summed E-state index contributed by atoms with van der Waals surface area (Å²) in [5.41, 5.74) is 8.79. The third-order valence-electron chi connectivity index (χ3n) is 6.23. The van der Waals surface area contributed by atoms with E-state index in [2.05, 4.69) is 120 Å². The molecule has 2 nitrogen and oxygen atoms in total. The molecular formula is C32H24N2S2. The van der Waals surface area contributed by atoms with E-state index >= 15 is 0 Å². The average molecular weight is 501 g/mol. The van der Waals surface area contributed by atoms with Crippen LogP contribution in [-0.2, 0) is 0 Å². The highest BCUT2D eigenvalue weighted by Gasteiger charge is 2.36. The van der Waals surface area contributed by atoms with Gasteiger partial charge in [0.25, 0.3) is 0 Å². The van der Waals surface area contributed by atoms with E-state index < -0.39 is 0 Å². The third-order valence-corrected chi connectivity index (χ3v) is 8.69. The molecule has 0 N–H and O–H groups in total. The first-order valence-corrected chi connectivity index (χ1v) is 13.9. The van der Waals surface area contributed by atoms with Gasteiger partial charge < -0.3 is 0 Å². The molecule has 2 heterocycles. The second kappa shape index (κ2) is 10.6. The predicted octanol–water partition coefficient (Wildman–Crippen LogP) is 8.19. The molecular weight excluding hydrogens is 477 g/mol. The van der Waals surface area contributed by atoms with E-state index in [1.54, 1.807) is 0 Å². The van der Waals surface area contributed by atoms with Gasteiger partial charge >= 0.3 is 0 Å². The monoisotopic (exact) mass is 500 g/mol. The van der Waals surface area contributed by atoms with Crippen molar-refractivity contribution in [3.8, 4) is 0 Å². The topological polar surface area (TPSA) is 24.7 Å². The molecule has 2 aliphatic rings. The van der Waals surface area contributed by atoms with E-state index in [9.17, 15) is 0 Å². The SMILES string of the molecule is C1=C(c2ccccc2)N=C(c2ccccc2)C(C2SC=C(c3ccccc3)N=C2c2ccccc2)S1. The minimum Gasteiger partial charge on any atom is -0.250 e. The van der Waals surface area contributed by atoms with E-state index in [-0.39, 0.29) is 10.5 Å². The van der Waals surface area contributed by atoms with E-state index in [0.717, 1.165) is 45.1 Å². The quantitative estimate of drug-likeness (QED) is 0.276. The van der Waals surface area contributed by atoms with Gasteiger partial charge in [0.2, 0.25) is 0 Å². The van der Waals surface area contributed by atoms with Gasteiger partial charge in [-0.05, 0) is 21.9 Å². The Bertz CT molecular complexity index is 1340. The lowest BCUT2D eigenvalue weighted by atomic mass is 9.98. The Hall–Kier alpha value is -3.60. The summed E-state index contributed by atoms with van der Waals surface area (Å²) in [6, 6.07) is 42.0. The Morgan fingerprint density at radius 1 is 0.389 bits per heavy atom. The maximum absolute atomic E-state index is 5.25. The number of aliphatic imine (C=N–C) groups is 2. The molecule has 0 amide bonds. The van der Waals surface area contributed by atoms with Gasteiger partial charge in [0, 0.05) is 11.1 Å². The Morgan fingerprint density at radius 3 is 1.03 bits per heavy atom. The zero-order chi connectivity index (χ0) is 24.2. The van der Waals surface area contributed by atoms with E-state index in [1.165, 1.54) is 0 Å². The van der Waals surface area contributed by atoms with Gasteiger partial charge in [0.15, 0.2) is 0 Å². The van der Waals surface area contributed by atoms with Crippen LogP contribution < -0.4 is 0 Å². The second-order valence-corrected chi connectivity index (χ2v) is 10.6. The summed E-state index contributed by atoms with van der Waals surface area (Å²) in [6.07, 6.45) is 0. The molecule has 0 fully saturated rings. The Balaban J connectivity index is 1.43. The third kappa shape index (κ3) is 4.75. The van der Waals surface area contributed by atoms with Crippen LogP contribution in [0.5, 0.6) is 0 Å². The van der Waals surface area contributed by atoms with Crippen molar-refractivity contribution in [2.75, 3.05) is 0 Å². The van der Waals surface area contributed by atoms with Gasteiger partial charge in [0.1, 0.15) is 0 Å². The number of benzene rings is 4. The first-order valence-electron chi connectivity index (χ1n) is 12.0. The molecule has 0 aliphatic carbocycles. The molecule has 0 spiro atoms. The first kappa shape index (κ1) is 22.8. The summed E-state index contributed by atoms with van der Waals surface area (Å²) in [5, 5.41) is 4.67. The first-order chi connectivity index (χ1) is 17.9. The number of rotatable bonds is 5. The minimum atomic E-state index is 0.123. The highest BCUT2D eigenvalue weighted by Crippen LogP contribution is 2.41. The van der Waals surface area contributed by atoms with Crippen LogP contribution in [-0.4, -0.2) is 21.9 Å².